The Kier molecular flexibility index (Phi) is 8.18. The Hall–Kier alpha value is -3.96. The number of methoxy groups -OCH3 is 1. The molecular formula is C27H28Cl2FN7O3. The molecule has 1 aromatic carbocycles. The Morgan fingerprint density at radius 1 is 1.23 bits per heavy atom. The van der Waals surface area contributed by atoms with Gasteiger partial charge in [-0.3, -0.25) is 14.5 Å². The van der Waals surface area contributed by atoms with E-state index in [9.17, 15) is 14.0 Å². The molecule has 2 aromatic heterocycles. The highest BCUT2D eigenvalue weighted by molar-refractivity contribution is 6.31. The number of pyridine rings is 1. The minimum atomic E-state index is -1.03. The van der Waals surface area contributed by atoms with Gasteiger partial charge in [0.25, 0.3) is 11.5 Å². The van der Waals surface area contributed by atoms with Crippen LogP contribution in [0.25, 0.3) is 0 Å². The third-order valence-corrected chi connectivity index (χ3v) is 6.81. The van der Waals surface area contributed by atoms with Crippen LogP contribution in [-0.4, -0.2) is 47.4 Å². The average Bonchev–Trinajstić information content (AvgIpc) is 3.15. The summed E-state index contributed by atoms with van der Waals surface area (Å²) in [6.45, 7) is 3.73. The first-order valence-corrected chi connectivity index (χ1v) is 12.9. The molecule has 40 heavy (non-hydrogen) atoms. The first-order valence-electron chi connectivity index (χ1n) is 12.2. The lowest BCUT2D eigenvalue weighted by atomic mass is 9.90. The zero-order valence-corrected chi connectivity index (χ0v) is 24.2. The molecule has 3 aromatic rings. The Bertz CT molecular complexity index is 1620. The molecule has 10 nitrogen and oxygen atoms in total. The van der Waals surface area contributed by atoms with E-state index < -0.39 is 23.3 Å². The first kappa shape index (κ1) is 29.0. The number of nitrogens with zero attached hydrogens (tertiary/aromatic N) is 6. The Morgan fingerprint density at radius 2 is 1.93 bits per heavy atom. The van der Waals surface area contributed by atoms with Gasteiger partial charge in [0, 0.05) is 32.9 Å². The number of halogens is 3. The SMILES string of the molecule is COc1nc(N(C)C)ncc1N=C(C1=C(N)C(=O)N(c2cc(Cl)cn(C)c2=O)C1c1ccc(Cl)c(F)c1)C(C)C. The Morgan fingerprint density at radius 3 is 2.52 bits per heavy atom. The van der Waals surface area contributed by atoms with Crippen molar-refractivity contribution in [3.05, 3.63) is 79.7 Å². The molecule has 0 saturated carbocycles. The highest BCUT2D eigenvalue weighted by Gasteiger charge is 2.44. The van der Waals surface area contributed by atoms with Crippen LogP contribution in [-0.2, 0) is 11.8 Å². The zero-order chi connectivity index (χ0) is 29.5. The van der Waals surface area contributed by atoms with Gasteiger partial charge in [0.15, 0.2) is 0 Å². The van der Waals surface area contributed by atoms with Crippen LogP contribution in [0.15, 0.2) is 57.7 Å². The lowest BCUT2D eigenvalue weighted by Crippen LogP contribution is -2.37. The third kappa shape index (κ3) is 5.26. The van der Waals surface area contributed by atoms with E-state index >= 15 is 0 Å². The lowest BCUT2D eigenvalue weighted by molar-refractivity contribution is -0.114. The van der Waals surface area contributed by atoms with E-state index in [1.165, 1.54) is 54.2 Å². The second-order valence-electron chi connectivity index (χ2n) is 9.65. The Balaban J connectivity index is 2.00. The quantitative estimate of drug-likeness (QED) is 0.406. The summed E-state index contributed by atoms with van der Waals surface area (Å²) >= 11 is 12.2. The molecule has 210 valence electrons. The van der Waals surface area contributed by atoms with Crippen LogP contribution in [0.1, 0.15) is 25.5 Å². The van der Waals surface area contributed by atoms with Crippen molar-refractivity contribution in [3.8, 4) is 5.88 Å². The number of ether oxygens (including phenoxy) is 1. The Labute approximate surface area is 240 Å². The van der Waals surface area contributed by atoms with E-state index in [1.807, 2.05) is 13.8 Å². The maximum Gasteiger partial charge on any atom is 0.275 e. The number of hydrogen-bond acceptors (Lipinski definition) is 8. The summed E-state index contributed by atoms with van der Waals surface area (Å²) in [7, 11) is 6.55. The van der Waals surface area contributed by atoms with Gasteiger partial charge in [-0.1, -0.05) is 43.1 Å². The number of amides is 1. The number of hydrogen-bond donors (Lipinski definition) is 1. The number of aromatic nitrogens is 3. The van der Waals surface area contributed by atoms with Gasteiger partial charge in [-0.25, -0.2) is 14.4 Å². The van der Waals surface area contributed by atoms with Crippen molar-refractivity contribution in [2.45, 2.75) is 19.9 Å². The molecule has 3 heterocycles. The lowest BCUT2D eigenvalue weighted by Gasteiger charge is -2.28. The standard InChI is InChI=1S/C27H28Cl2FN7O3/c1-13(2)22(33-18-11-32-27(35(3)4)34-24(18)40-6)20-21(31)26(39)37(19-10-15(28)12-36(5)25(19)38)23(20)14-7-8-16(29)17(30)9-14/h7-13,23H,31H2,1-6H3. The van der Waals surface area contributed by atoms with Crippen molar-refractivity contribution in [1.29, 1.82) is 0 Å². The van der Waals surface area contributed by atoms with Crippen molar-refractivity contribution >= 4 is 52.1 Å². The van der Waals surface area contributed by atoms with Gasteiger partial charge >= 0.3 is 0 Å². The van der Waals surface area contributed by atoms with E-state index in [0.29, 0.717) is 28.5 Å². The summed E-state index contributed by atoms with van der Waals surface area (Å²) in [5.74, 6) is -1.03. The van der Waals surface area contributed by atoms with Crippen molar-refractivity contribution in [2.75, 3.05) is 31.0 Å². The molecule has 0 aliphatic carbocycles. The fourth-order valence-corrected chi connectivity index (χ4v) is 4.78. The average molecular weight is 588 g/mol. The smallest absolute Gasteiger partial charge is 0.275 e. The van der Waals surface area contributed by atoms with Gasteiger partial charge in [-0.2, -0.15) is 4.98 Å². The molecule has 1 atom stereocenters. The van der Waals surface area contributed by atoms with Crippen LogP contribution in [0.3, 0.4) is 0 Å². The van der Waals surface area contributed by atoms with Crippen LogP contribution >= 0.6 is 23.2 Å². The van der Waals surface area contributed by atoms with Gasteiger partial charge in [-0.15, -0.1) is 0 Å². The molecule has 4 rings (SSSR count). The normalized spacial score (nSPS) is 15.8. The van der Waals surface area contributed by atoms with Crippen molar-refractivity contribution in [1.82, 2.24) is 14.5 Å². The summed E-state index contributed by atoms with van der Waals surface area (Å²) in [5, 5.41) is 0.121. The van der Waals surface area contributed by atoms with Crippen LogP contribution in [0, 0.1) is 11.7 Å². The van der Waals surface area contributed by atoms with Crippen molar-refractivity contribution in [3.63, 3.8) is 0 Å². The van der Waals surface area contributed by atoms with Gasteiger partial charge in [0.05, 0.1) is 35.1 Å². The largest absolute Gasteiger partial charge is 0.479 e. The van der Waals surface area contributed by atoms with Crippen LogP contribution < -0.4 is 25.8 Å². The number of anilines is 2. The molecule has 0 saturated heterocycles. The minimum absolute atomic E-state index is 0.0299. The fraction of sp³-hybridized carbons (Fsp3) is 0.296. The number of benzene rings is 1. The molecule has 0 fully saturated rings. The molecule has 2 N–H and O–H groups in total. The van der Waals surface area contributed by atoms with Crippen molar-refractivity contribution in [2.24, 2.45) is 23.7 Å². The maximum absolute atomic E-state index is 14.8. The van der Waals surface area contributed by atoms with E-state index in [-0.39, 0.29) is 33.2 Å². The summed E-state index contributed by atoms with van der Waals surface area (Å²) in [6, 6.07) is 4.49. The van der Waals surface area contributed by atoms with Crippen LogP contribution in [0.4, 0.5) is 21.7 Å². The summed E-state index contributed by atoms with van der Waals surface area (Å²) in [6.07, 6.45) is 2.92. The zero-order valence-electron chi connectivity index (χ0n) is 22.7. The molecule has 0 radical (unpaired) electrons. The second-order valence-corrected chi connectivity index (χ2v) is 10.5. The number of aryl methyl sites for hydroxylation is 1. The maximum atomic E-state index is 14.8. The number of rotatable bonds is 7. The van der Waals surface area contributed by atoms with E-state index in [2.05, 4.69) is 9.97 Å². The molecule has 0 bridgehead atoms. The van der Waals surface area contributed by atoms with Gasteiger partial charge in [0.2, 0.25) is 11.8 Å². The summed E-state index contributed by atoms with van der Waals surface area (Å²) in [5.41, 5.74) is 7.11. The van der Waals surface area contributed by atoms with E-state index in [4.69, 9.17) is 38.7 Å². The van der Waals surface area contributed by atoms with Crippen molar-refractivity contribution < 1.29 is 13.9 Å². The predicted octanol–water partition coefficient (Wildman–Crippen LogP) is 4.43. The predicted molar refractivity (Wildman–Crippen MR) is 154 cm³/mol. The second kappa shape index (κ2) is 11.3. The van der Waals surface area contributed by atoms with Gasteiger partial charge in [0.1, 0.15) is 22.9 Å². The van der Waals surface area contributed by atoms with Crippen LogP contribution in [0.2, 0.25) is 10.0 Å². The monoisotopic (exact) mass is 587 g/mol. The number of aliphatic imine (C=N–C) groups is 1. The van der Waals surface area contributed by atoms with E-state index in [1.54, 1.807) is 25.1 Å². The number of carbonyl (C=O) groups is 1. The highest BCUT2D eigenvalue weighted by atomic mass is 35.5. The molecule has 0 spiro atoms. The fourth-order valence-electron chi connectivity index (χ4n) is 4.41. The van der Waals surface area contributed by atoms with Gasteiger partial charge < -0.3 is 19.9 Å². The number of carbonyl (C=O) groups excluding carboxylic acids is 1. The summed E-state index contributed by atoms with van der Waals surface area (Å²) in [4.78, 5) is 43.4. The molecule has 1 amide bonds. The highest BCUT2D eigenvalue weighted by Crippen LogP contribution is 2.42. The van der Waals surface area contributed by atoms with Crippen LogP contribution in [0.5, 0.6) is 5.88 Å². The number of nitrogens with two attached hydrogens (primary N) is 1. The summed E-state index contributed by atoms with van der Waals surface area (Å²) < 4.78 is 21.5. The minimum Gasteiger partial charge on any atom is -0.479 e. The van der Waals surface area contributed by atoms with Gasteiger partial charge in [-0.05, 0) is 29.7 Å². The molecule has 1 unspecified atom stereocenters. The molecule has 1 aliphatic heterocycles. The molecule has 1 aliphatic rings. The topological polar surface area (TPSA) is 119 Å². The first-order chi connectivity index (χ1) is 18.8. The third-order valence-electron chi connectivity index (χ3n) is 6.30. The molecular weight excluding hydrogens is 560 g/mol. The van der Waals surface area contributed by atoms with E-state index in [0.717, 1.165) is 0 Å². The molecule has 13 heteroatoms.